The zero-order valence-electron chi connectivity index (χ0n) is 16.8. The minimum atomic E-state index is 0.750. The van der Waals surface area contributed by atoms with Gasteiger partial charge in [0.05, 0.1) is 30.8 Å². The van der Waals surface area contributed by atoms with Crippen molar-refractivity contribution in [3.05, 3.63) is 54.6 Å². The van der Waals surface area contributed by atoms with Gasteiger partial charge in [-0.25, -0.2) is 4.57 Å². The van der Waals surface area contributed by atoms with Crippen LogP contribution < -0.4 is 9.30 Å². The zero-order chi connectivity index (χ0) is 19.5. The molecule has 2 aliphatic heterocycles. The van der Waals surface area contributed by atoms with E-state index in [0.717, 1.165) is 64.6 Å². The molecule has 1 aromatic carbocycles. The van der Waals surface area contributed by atoms with Gasteiger partial charge in [-0.1, -0.05) is 6.07 Å². The Morgan fingerprint density at radius 3 is 2.93 bits per heavy atom. The highest BCUT2D eigenvalue weighted by molar-refractivity contribution is 5.97. The van der Waals surface area contributed by atoms with Crippen LogP contribution in [0.1, 0.15) is 18.5 Å². The largest absolute Gasteiger partial charge is 0.494 e. The molecule has 1 fully saturated rings. The summed E-state index contributed by atoms with van der Waals surface area (Å²) in [5.74, 6) is 0.970. The summed E-state index contributed by atoms with van der Waals surface area (Å²) in [4.78, 5) is 6.78. The van der Waals surface area contributed by atoms with Crippen molar-refractivity contribution in [2.24, 2.45) is 0 Å². The Hall–Kier alpha value is -2.50. The van der Waals surface area contributed by atoms with E-state index >= 15 is 0 Å². The number of pyridine rings is 2. The maximum atomic E-state index is 6.13. The van der Waals surface area contributed by atoms with Crippen LogP contribution in [0.3, 0.4) is 0 Å². The molecule has 5 nitrogen and oxygen atoms in total. The Morgan fingerprint density at radius 2 is 2.07 bits per heavy atom. The predicted molar refractivity (Wildman–Crippen MR) is 113 cm³/mol. The van der Waals surface area contributed by atoms with Gasteiger partial charge in [-0.05, 0) is 30.7 Å². The summed E-state index contributed by atoms with van der Waals surface area (Å²) in [5, 5.41) is 2.60. The number of hydrogen-bond acceptors (Lipinski definition) is 4. The number of aryl methyl sites for hydroxylation is 2. The molecule has 0 N–H and O–H groups in total. The minimum Gasteiger partial charge on any atom is -0.494 e. The van der Waals surface area contributed by atoms with E-state index < -0.39 is 0 Å². The molecule has 0 spiro atoms. The average Bonchev–Trinajstić information content (AvgIpc) is 3.26. The van der Waals surface area contributed by atoms with Crippen LogP contribution in [0, 0.1) is 0 Å². The van der Waals surface area contributed by atoms with Crippen molar-refractivity contribution in [3.8, 4) is 16.9 Å². The molecule has 0 atom stereocenters. The molecular formula is C24H28N3O2+. The van der Waals surface area contributed by atoms with E-state index in [4.69, 9.17) is 9.47 Å². The molecule has 150 valence electrons. The van der Waals surface area contributed by atoms with Gasteiger partial charge >= 0.3 is 0 Å². The fourth-order valence-electron chi connectivity index (χ4n) is 4.49. The lowest BCUT2D eigenvalue weighted by molar-refractivity contribution is -0.689. The van der Waals surface area contributed by atoms with E-state index in [-0.39, 0.29) is 0 Å². The van der Waals surface area contributed by atoms with Gasteiger partial charge in [0.15, 0.2) is 11.9 Å². The number of hydrogen-bond donors (Lipinski definition) is 0. The van der Waals surface area contributed by atoms with Crippen molar-refractivity contribution in [2.75, 3.05) is 39.5 Å². The molecule has 0 aliphatic carbocycles. The molecule has 29 heavy (non-hydrogen) atoms. The maximum absolute atomic E-state index is 6.13. The Balaban J connectivity index is 1.37. The average molecular weight is 391 g/mol. The molecule has 2 aromatic heterocycles. The first kappa shape index (κ1) is 18.5. The van der Waals surface area contributed by atoms with Crippen molar-refractivity contribution < 1.29 is 14.0 Å². The first-order chi connectivity index (χ1) is 14.4. The van der Waals surface area contributed by atoms with Crippen LogP contribution >= 0.6 is 0 Å². The first-order valence-electron chi connectivity index (χ1n) is 10.7. The number of ether oxygens (including phenoxy) is 2. The van der Waals surface area contributed by atoms with Crippen molar-refractivity contribution in [1.29, 1.82) is 0 Å². The van der Waals surface area contributed by atoms with Crippen LogP contribution in [0.4, 0.5) is 0 Å². The summed E-state index contributed by atoms with van der Waals surface area (Å²) in [5.41, 5.74) is 3.84. The van der Waals surface area contributed by atoms with E-state index in [9.17, 15) is 0 Å². The molecule has 0 unspecified atom stereocenters. The molecule has 5 heteroatoms. The van der Waals surface area contributed by atoms with Crippen LogP contribution in [0.5, 0.6) is 5.75 Å². The fraction of sp³-hybridized carbons (Fsp3) is 0.417. The quantitative estimate of drug-likeness (QED) is 0.478. The highest BCUT2D eigenvalue weighted by Crippen LogP contribution is 2.32. The molecule has 0 bridgehead atoms. The summed E-state index contributed by atoms with van der Waals surface area (Å²) in [6, 6.07) is 10.7. The highest BCUT2D eigenvalue weighted by Gasteiger charge is 2.25. The number of aromatic nitrogens is 2. The molecule has 0 radical (unpaired) electrons. The van der Waals surface area contributed by atoms with Crippen LogP contribution in [0.2, 0.25) is 0 Å². The minimum absolute atomic E-state index is 0.750. The first-order valence-corrected chi connectivity index (χ1v) is 10.7. The van der Waals surface area contributed by atoms with Crippen LogP contribution in [-0.4, -0.2) is 49.3 Å². The van der Waals surface area contributed by atoms with Crippen molar-refractivity contribution in [1.82, 2.24) is 9.88 Å². The number of benzene rings is 1. The van der Waals surface area contributed by atoms with Gasteiger partial charge in [0, 0.05) is 55.8 Å². The Kier molecular flexibility index (Phi) is 5.41. The molecule has 4 heterocycles. The standard InChI is InChI=1S/C24H28N3O2/c1-4-19(17-25-8-1)23-18-27-10-2-5-24(27)22-16-20(6-7-21(22)23)29-13-3-9-26-11-14-28-15-12-26/h1,4,6-8,16-18H,2-3,5,9-15H2/q+1. The molecule has 2 aliphatic rings. The monoisotopic (exact) mass is 390 g/mol. The lowest BCUT2D eigenvalue weighted by Crippen LogP contribution is -2.37. The summed E-state index contributed by atoms with van der Waals surface area (Å²) in [6.07, 6.45) is 9.45. The highest BCUT2D eigenvalue weighted by atomic mass is 16.5. The summed E-state index contributed by atoms with van der Waals surface area (Å²) < 4.78 is 14.0. The van der Waals surface area contributed by atoms with Crippen LogP contribution in [0.25, 0.3) is 21.9 Å². The summed E-state index contributed by atoms with van der Waals surface area (Å²) in [7, 11) is 0. The summed E-state index contributed by atoms with van der Waals surface area (Å²) in [6.45, 7) is 6.70. The number of fused-ring (bicyclic) bond motifs is 3. The molecule has 3 aromatic rings. The normalized spacial score (nSPS) is 16.8. The number of morpholine rings is 1. The fourth-order valence-corrected chi connectivity index (χ4v) is 4.49. The van der Waals surface area contributed by atoms with Gasteiger partial charge in [0.1, 0.15) is 12.3 Å². The second-order valence-corrected chi connectivity index (χ2v) is 7.89. The van der Waals surface area contributed by atoms with E-state index in [1.54, 1.807) is 0 Å². The second-order valence-electron chi connectivity index (χ2n) is 7.89. The molecule has 0 amide bonds. The van der Waals surface area contributed by atoms with Crippen molar-refractivity contribution in [2.45, 2.75) is 25.8 Å². The lowest BCUT2D eigenvalue weighted by Gasteiger charge is -2.26. The Bertz CT molecular complexity index is 984. The Labute approximate surface area is 171 Å². The zero-order valence-corrected chi connectivity index (χ0v) is 16.8. The van der Waals surface area contributed by atoms with Gasteiger partial charge in [-0.2, -0.15) is 0 Å². The maximum Gasteiger partial charge on any atom is 0.189 e. The lowest BCUT2D eigenvalue weighted by atomic mass is 9.99. The number of rotatable bonds is 6. The third-order valence-electron chi connectivity index (χ3n) is 6.00. The Morgan fingerprint density at radius 1 is 1.14 bits per heavy atom. The van der Waals surface area contributed by atoms with Gasteiger partial charge < -0.3 is 9.47 Å². The van der Waals surface area contributed by atoms with Crippen LogP contribution in [-0.2, 0) is 17.7 Å². The molecule has 0 saturated carbocycles. The van der Waals surface area contributed by atoms with E-state index in [1.165, 1.54) is 34.0 Å². The van der Waals surface area contributed by atoms with Gasteiger partial charge in [0.2, 0.25) is 0 Å². The van der Waals surface area contributed by atoms with Crippen molar-refractivity contribution >= 4 is 10.8 Å². The van der Waals surface area contributed by atoms with Crippen molar-refractivity contribution in [3.63, 3.8) is 0 Å². The topological polar surface area (TPSA) is 38.5 Å². The van der Waals surface area contributed by atoms with E-state index in [2.05, 4.69) is 44.9 Å². The SMILES string of the molecule is c1cncc(-c2c[n+]3c(c4cc(OCCCN5CCOCC5)ccc24)CCC3)c1. The van der Waals surface area contributed by atoms with Gasteiger partial charge in [0.25, 0.3) is 0 Å². The van der Waals surface area contributed by atoms with Gasteiger partial charge in [-0.3, -0.25) is 9.88 Å². The van der Waals surface area contributed by atoms with E-state index in [1.807, 2.05) is 18.5 Å². The van der Waals surface area contributed by atoms with E-state index in [0.29, 0.717) is 0 Å². The molecular weight excluding hydrogens is 362 g/mol. The third kappa shape index (κ3) is 3.98. The second kappa shape index (κ2) is 8.47. The summed E-state index contributed by atoms with van der Waals surface area (Å²) >= 11 is 0. The van der Waals surface area contributed by atoms with Gasteiger partial charge in [-0.15, -0.1) is 0 Å². The number of nitrogens with zero attached hydrogens (tertiary/aromatic N) is 3. The smallest absolute Gasteiger partial charge is 0.189 e. The predicted octanol–water partition coefficient (Wildman–Crippen LogP) is 3.24. The molecule has 1 saturated heterocycles. The third-order valence-corrected chi connectivity index (χ3v) is 6.00. The van der Waals surface area contributed by atoms with Crippen LogP contribution in [0.15, 0.2) is 48.9 Å². The molecule has 5 rings (SSSR count).